The van der Waals surface area contributed by atoms with E-state index in [0.29, 0.717) is 0 Å². The molecule has 0 spiro atoms. The molecule has 2 heterocycles. The summed E-state index contributed by atoms with van der Waals surface area (Å²) in [6.07, 6.45) is 1.21. The molecule has 0 radical (unpaired) electrons. The zero-order valence-corrected chi connectivity index (χ0v) is 12.2. The van der Waals surface area contributed by atoms with Gasteiger partial charge in [0, 0.05) is 26.1 Å². The van der Waals surface area contributed by atoms with Crippen molar-refractivity contribution in [2.75, 3.05) is 13.1 Å². The minimum absolute atomic E-state index is 0.260. The Morgan fingerprint density at radius 2 is 2.32 bits per heavy atom. The van der Waals surface area contributed by atoms with Crippen LogP contribution in [0.15, 0.2) is 0 Å². The van der Waals surface area contributed by atoms with Crippen molar-refractivity contribution >= 4 is 17.6 Å². The average Bonchev–Trinajstić information content (AvgIpc) is 2.88. The Hall–Kier alpha value is -1.07. The second-order valence-electron chi connectivity index (χ2n) is 5.15. The van der Waals surface area contributed by atoms with Gasteiger partial charge in [-0.05, 0) is 32.7 Å². The van der Waals surface area contributed by atoms with Crippen molar-refractivity contribution in [3.63, 3.8) is 0 Å². The first-order valence-electron chi connectivity index (χ1n) is 6.67. The van der Waals surface area contributed by atoms with Crippen LogP contribution >= 0.6 is 11.6 Å². The maximum absolute atomic E-state index is 10.7. The lowest BCUT2D eigenvalue weighted by atomic mass is 10.1. The topological polar surface area (TPSA) is 58.4 Å². The van der Waals surface area contributed by atoms with Crippen LogP contribution in [0, 0.1) is 12.8 Å². The molecule has 0 aromatic carbocycles. The fraction of sp³-hybridized carbons (Fsp3) is 0.692. The first kappa shape index (κ1) is 14.3. The van der Waals surface area contributed by atoms with Crippen molar-refractivity contribution in [3.05, 3.63) is 16.4 Å². The van der Waals surface area contributed by atoms with Crippen LogP contribution in [-0.4, -0.2) is 38.8 Å². The molecule has 1 fully saturated rings. The van der Waals surface area contributed by atoms with Crippen molar-refractivity contribution in [1.29, 1.82) is 0 Å². The molecule has 106 valence electrons. The molecule has 0 bridgehead atoms. The maximum Gasteiger partial charge on any atom is 0.303 e. The van der Waals surface area contributed by atoms with Gasteiger partial charge in [-0.2, -0.15) is 5.10 Å². The number of carbonyl (C=O) groups is 1. The summed E-state index contributed by atoms with van der Waals surface area (Å²) in [6, 6.07) is 0. The summed E-state index contributed by atoms with van der Waals surface area (Å²) in [6.45, 7) is 7.27. The third-order valence-corrected chi connectivity index (χ3v) is 4.15. The summed E-state index contributed by atoms with van der Waals surface area (Å²) in [5, 5.41) is 14.0. The molecular formula is C13H20ClN3O2. The van der Waals surface area contributed by atoms with Gasteiger partial charge in [0.15, 0.2) is 0 Å². The third-order valence-electron chi connectivity index (χ3n) is 3.66. The van der Waals surface area contributed by atoms with Gasteiger partial charge < -0.3 is 5.11 Å². The Balaban J connectivity index is 2.01. The Morgan fingerprint density at radius 3 is 2.95 bits per heavy atom. The average molecular weight is 286 g/mol. The lowest BCUT2D eigenvalue weighted by Crippen LogP contribution is -2.23. The molecule has 1 N–H and O–H groups in total. The fourth-order valence-electron chi connectivity index (χ4n) is 2.70. The van der Waals surface area contributed by atoms with E-state index >= 15 is 0 Å². The van der Waals surface area contributed by atoms with Gasteiger partial charge in [0.2, 0.25) is 0 Å². The molecule has 1 aliphatic rings. The maximum atomic E-state index is 10.7. The van der Waals surface area contributed by atoms with E-state index in [1.54, 1.807) is 0 Å². The summed E-state index contributed by atoms with van der Waals surface area (Å²) >= 11 is 6.29. The summed E-state index contributed by atoms with van der Waals surface area (Å²) < 4.78 is 1.93. The molecule has 0 saturated carbocycles. The quantitative estimate of drug-likeness (QED) is 0.901. The molecular weight excluding hydrogens is 266 g/mol. The number of aliphatic carboxylic acids is 1. The van der Waals surface area contributed by atoms with Gasteiger partial charge in [0.05, 0.1) is 16.4 Å². The molecule has 6 heteroatoms. The Morgan fingerprint density at radius 1 is 1.58 bits per heavy atom. The van der Waals surface area contributed by atoms with Crippen molar-refractivity contribution in [2.45, 2.75) is 39.8 Å². The van der Waals surface area contributed by atoms with Crippen molar-refractivity contribution < 1.29 is 9.90 Å². The highest BCUT2D eigenvalue weighted by Gasteiger charge is 2.26. The van der Waals surface area contributed by atoms with Crippen molar-refractivity contribution in [2.24, 2.45) is 5.92 Å². The van der Waals surface area contributed by atoms with Gasteiger partial charge in [0.25, 0.3) is 0 Å². The zero-order valence-electron chi connectivity index (χ0n) is 11.4. The van der Waals surface area contributed by atoms with Gasteiger partial charge in [-0.25, -0.2) is 0 Å². The molecule has 2 rings (SSSR count). The second kappa shape index (κ2) is 5.92. The smallest absolute Gasteiger partial charge is 0.303 e. The number of rotatable bonds is 5. The van der Waals surface area contributed by atoms with Crippen LogP contribution in [0.2, 0.25) is 5.02 Å². The highest BCUT2D eigenvalue weighted by Crippen LogP contribution is 2.26. The SMILES string of the molecule is CCn1nc(C)c(Cl)c1CN1CCC(CC(=O)O)C1. The molecule has 1 aromatic heterocycles. The van der Waals surface area contributed by atoms with Crippen molar-refractivity contribution in [1.82, 2.24) is 14.7 Å². The lowest BCUT2D eigenvalue weighted by molar-refractivity contribution is -0.138. The molecule has 1 saturated heterocycles. The van der Waals surface area contributed by atoms with Crippen LogP contribution in [0.3, 0.4) is 0 Å². The van der Waals surface area contributed by atoms with Crippen LogP contribution in [0.5, 0.6) is 0 Å². The molecule has 1 atom stereocenters. The summed E-state index contributed by atoms with van der Waals surface area (Å²) in [5.41, 5.74) is 1.90. The number of hydrogen-bond donors (Lipinski definition) is 1. The molecule has 19 heavy (non-hydrogen) atoms. The number of halogens is 1. The standard InChI is InChI=1S/C13H20ClN3O2/c1-3-17-11(13(14)9(2)15-17)8-16-5-4-10(7-16)6-12(18)19/h10H,3-8H2,1-2H3,(H,18,19). The first-order chi connectivity index (χ1) is 9.01. The number of carboxylic acid groups (broad SMARTS) is 1. The Bertz CT molecular complexity index is 473. The number of nitrogens with zero attached hydrogens (tertiary/aromatic N) is 3. The van der Waals surface area contributed by atoms with E-state index in [2.05, 4.69) is 10.00 Å². The first-order valence-corrected chi connectivity index (χ1v) is 7.05. The lowest BCUT2D eigenvalue weighted by Gasteiger charge is -2.16. The van der Waals surface area contributed by atoms with Crippen LogP contribution in [0.4, 0.5) is 0 Å². The monoisotopic (exact) mass is 285 g/mol. The minimum Gasteiger partial charge on any atom is -0.481 e. The van der Waals surface area contributed by atoms with E-state index in [1.165, 1.54) is 0 Å². The molecule has 1 aliphatic heterocycles. The normalized spacial score (nSPS) is 20.1. The second-order valence-corrected chi connectivity index (χ2v) is 5.53. The molecule has 0 aliphatic carbocycles. The van der Waals surface area contributed by atoms with E-state index in [0.717, 1.165) is 49.0 Å². The van der Waals surface area contributed by atoms with Gasteiger partial charge in [-0.3, -0.25) is 14.4 Å². The Kier molecular flexibility index (Phi) is 4.47. The minimum atomic E-state index is -0.709. The van der Waals surface area contributed by atoms with Gasteiger partial charge in [-0.1, -0.05) is 11.6 Å². The predicted octanol–water partition coefficient (Wildman–Crippen LogP) is 2.16. The van der Waals surface area contributed by atoms with Crippen LogP contribution < -0.4 is 0 Å². The summed E-state index contributed by atoms with van der Waals surface area (Å²) in [7, 11) is 0. The Labute approximate surface area is 118 Å². The van der Waals surface area contributed by atoms with E-state index < -0.39 is 5.97 Å². The van der Waals surface area contributed by atoms with E-state index in [-0.39, 0.29) is 12.3 Å². The van der Waals surface area contributed by atoms with E-state index in [1.807, 2.05) is 18.5 Å². The van der Waals surface area contributed by atoms with Gasteiger partial charge >= 0.3 is 5.97 Å². The predicted molar refractivity (Wildman–Crippen MR) is 73.3 cm³/mol. The summed E-state index contributed by atoms with van der Waals surface area (Å²) in [4.78, 5) is 13.0. The molecule has 0 amide bonds. The number of carboxylic acids is 1. The molecule has 1 aromatic rings. The highest BCUT2D eigenvalue weighted by atomic mass is 35.5. The van der Waals surface area contributed by atoms with Crippen molar-refractivity contribution in [3.8, 4) is 0 Å². The van der Waals surface area contributed by atoms with Crippen LogP contribution in [0.25, 0.3) is 0 Å². The number of aromatic nitrogens is 2. The number of hydrogen-bond acceptors (Lipinski definition) is 3. The third kappa shape index (κ3) is 3.28. The number of aryl methyl sites for hydroxylation is 2. The van der Waals surface area contributed by atoms with Crippen LogP contribution in [-0.2, 0) is 17.9 Å². The number of likely N-dealkylation sites (tertiary alicyclic amines) is 1. The fourth-order valence-corrected chi connectivity index (χ4v) is 2.90. The van der Waals surface area contributed by atoms with E-state index in [9.17, 15) is 4.79 Å². The largest absolute Gasteiger partial charge is 0.481 e. The molecule has 5 nitrogen and oxygen atoms in total. The van der Waals surface area contributed by atoms with Crippen LogP contribution in [0.1, 0.15) is 31.2 Å². The van der Waals surface area contributed by atoms with E-state index in [4.69, 9.17) is 16.7 Å². The zero-order chi connectivity index (χ0) is 14.0. The highest BCUT2D eigenvalue weighted by molar-refractivity contribution is 6.31. The molecule has 1 unspecified atom stereocenters. The summed E-state index contributed by atoms with van der Waals surface area (Å²) in [5.74, 6) is -0.449. The van der Waals surface area contributed by atoms with Gasteiger partial charge in [-0.15, -0.1) is 0 Å². The van der Waals surface area contributed by atoms with Gasteiger partial charge in [0.1, 0.15) is 0 Å².